The fourth-order valence-corrected chi connectivity index (χ4v) is 3.25. The van der Waals surface area contributed by atoms with Crippen LogP contribution >= 0.6 is 24.8 Å². The number of rotatable bonds is 3. The summed E-state index contributed by atoms with van der Waals surface area (Å²) in [5.41, 5.74) is 14.5. The molecule has 0 radical (unpaired) electrons. The summed E-state index contributed by atoms with van der Waals surface area (Å²) in [7, 11) is 0. The lowest BCUT2D eigenvalue weighted by Gasteiger charge is -2.20. The zero-order chi connectivity index (χ0) is 18.1. The Balaban J connectivity index is 0.00000140. The summed E-state index contributed by atoms with van der Waals surface area (Å²) < 4.78 is 0. The van der Waals surface area contributed by atoms with E-state index in [4.69, 9.17) is 21.7 Å². The molecule has 1 aromatic heterocycles. The van der Waals surface area contributed by atoms with Crippen LogP contribution in [-0.4, -0.2) is 29.1 Å². The van der Waals surface area contributed by atoms with Gasteiger partial charge in [-0.1, -0.05) is 12.1 Å². The standard InChI is InChI=1S/C19H19N7.2ClH/c20-10-12-7-14(22)9-15(8-12)23-19-24-17-4-2-1-3-16(17)18(25-19)26-6-5-13(21)11-26;;/h1-4,7-9,13H,5-6,11,21-22H2,(H,23,24,25);2*1H. The fraction of sp³-hybridized carbons (Fsp3) is 0.211. The Morgan fingerprint density at radius 2 is 1.93 bits per heavy atom. The van der Waals surface area contributed by atoms with Crippen molar-refractivity contribution in [2.45, 2.75) is 12.5 Å². The van der Waals surface area contributed by atoms with Crippen LogP contribution < -0.4 is 21.7 Å². The summed E-state index contributed by atoms with van der Waals surface area (Å²) in [5, 5.41) is 13.3. The van der Waals surface area contributed by atoms with Gasteiger partial charge in [0, 0.05) is 35.9 Å². The number of hydrogen-bond donors (Lipinski definition) is 3. The molecule has 28 heavy (non-hydrogen) atoms. The van der Waals surface area contributed by atoms with Crippen LogP contribution in [0.3, 0.4) is 0 Å². The van der Waals surface area contributed by atoms with Crippen molar-refractivity contribution in [2.75, 3.05) is 29.0 Å². The second-order valence-electron chi connectivity index (χ2n) is 6.46. The molecule has 0 aliphatic carbocycles. The lowest BCUT2D eigenvalue weighted by Crippen LogP contribution is -2.27. The van der Waals surface area contributed by atoms with Crippen molar-refractivity contribution >= 4 is 58.9 Å². The van der Waals surface area contributed by atoms with Gasteiger partial charge in [0.2, 0.25) is 5.95 Å². The lowest BCUT2D eigenvalue weighted by atomic mass is 10.2. The van der Waals surface area contributed by atoms with Crippen LogP contribution in [0.5, 0.6) is 0 Å². The zero-order valence-corrected chi connectivity index (χ0v) is 16.6. The summed E-state index contributed by atoms with van der Waals surface area (Å²) in [6.07, 6.45) is 0.946. The summed E-state index contributed by atoms with van der Waals surface area (Å²) >= 11 is 0. The molecule has 1 atom stereocenters. The third-order valence-electron chi connectivity index (χ3n) is 4.45. The number of nitrogens with zero attached hydrogens (tertiary/aromatic N) is 4. The van der Waals surface area contributed by atoms with E-state index in [-0.39, 0.29) is 30.9 Å². The van der Waals surface area contributed by atoms with Crippen LogP contribution in [0.4, 0.5) is 23.1 Å². The second kappa shape index (κ2) is 8.93. The highest BCUT2D eigenvalue weighted by molar-refractivity contribution is 5.91. The first-order chi connectivity index (χ1) is 12.6. The summed E-state index contributed by atoms with van der Waals surface area (Å²) in [5.74, 6) is 1.34. The van der Waals surface area contributed by atoms with Crippen LogP contribution in [0.2, 0.25) is 0 Å². The normalized spacial score (nSPS) is 15.4. The van der Waals surface area contributed by atoms with Gasteiger partial charge in [-0.15, -0.1) is 24.8 Å². The summed E-state index contributed by atoms with van der Waals surface area (Å²) in [6, 6.07) is 15.3. The van der Waals surface area contributed by atoms with Gasteiger partial charge in [-0.25, -0.2) is 4.98 Å². The Hall–Kier alpha value is -2.79. The van der Waals surface area contributed by atoms with Crippen LogP contribution in [0.1, 0.15) is 12.0 Å². The van der Waals surface area contributed by atoms with Crippen molar-refractivity contribution in [3.05, 3.63) is 48.0 Å². The molecule has 146 valence electrons. The molecule has 1 aliphatic heterocycles. The average Bonchev–Trinajstić information content (AvgIpc) is 3.06. The van der Waals surface area contributed by atoms with Crippen molar-refractivity contribution in [2.24, 2.45) is 5.73 Å². The highest BCUT2D eigenvalue weighted by atomic mass is 35.5. The van der Waals surface area contributed by atoms with Gasteiger partial charge in [-0.2, -0.15) is 10.2 Å². The predicted octanol–water partition coefficient (Wildman–Crippen LogP) is 3.21. The summed E-state index contributed by atoms with van der Waals surface area (Å²) in [6.45, 7) is 1.65. The number of anilines is 4. The molecule has 7 nitrogen and oxygen atoms in total. The first kappa shape index (κ1) is 21.5. The lowest BCUT2D eigenvalue weighted by molar-refractivity contribution is 0.751. The quantitative estimate of drug-likeness (QED) is 0.559. The Morgan fingerprint density at radius 1 is 1.14 bits per heavy atom. The Kier molecular flexibility index (Phi) is 6.86. The number of para-hydroxylation sites is 1. The predicted molar refractivity (Wildman–Crippen MR) is 118 cm³/mol. The summed E-state index contributed by atoms with van der Waals surface area (Å²) in [4.78, 5) is 11.5. The first-order valence-electron chi connectivity index (χ1n) is 8.47. The second-order valence-corrected chi connectivity index (χ2v) is 6.46. The largest absolute Gasteiger partial charge is 0.399 e. The maximum absolute atomic E-state index is 9.12. The molecule has 0 saturated carbocycles. The minimum Gasteiger partial charge on any atom is -0.399 e. The van der Waals surface area contributed by atoms with Crippen LogP contribution in [0.25, 0.3) is 10.9 Å². The molecule has 9 heteroatoms. The first-order valence-corrected chi connectivity index (χ1v) is 8.47. The van der Waals surface area contributed by atoms with Crippen molar-refractivity contribution in [3.63, 3.8) is 0 Å². The molecule has 1 fully saturated rings. The third kappa shape index (κ3) is 4.37. The molecule has 0 amide bonds. The Labute approximate surface area is 175 Å². The van der Waals surface area contributed by atoms with Gasteiger partial charge >= 0.3 is 0 Å². The molecule has 1 aliphatic rings. The van der Waals surface area contributed by atoms with Crippen LogP contribution in [-0.2, 0) is 0 Å². The van der Waals surface area contributed by atoms with E-state index in [0.29, 0.717) is 22.9 Å². The molecule has 4 rings (SSSR count). The molecule has 3 aromatic rings. The third-order valence-corrected chi connectivity index (χ3v) is 4.45. The van der Waals surface area contributed by atoms with E-state index < -0.39 is 0 Å². The van der Waals surface area contributed by atoms with E-state index in [1.54, 1.807) is 18.2 Å². The van der Waals surface area contributed by atoms with E-state index in [9.17, 15) is 0 Å². The monoisotopic (exact) mass is 417 g/mol. The van der Waals surface area contributed by atoms with E-state index in [0.717, 1.165) is 36.2 Å². The molecular formula is C19H21Cl2N7. The van der Waals surface area contributed by atoms with Crippen LogP contribution in [0.15, 0.2) is 42.5 Å². The molecular weight excluding hydrogens is 397 g/mol. The number of hydrogen-bond acceptors (Lipinski definition) is 7. The highest BCUT2D eigenvalue weighted by Gasteiger charge is 2.23. The number of nitrogens with one attached hydrogen (secondary N) is 1. The number of nitrogens with two attached hydrogens (primary N) is 2. The Morgan fingerprint density at radius 3 is 2.64 bits per heavy atom. The van der Waals surface area contributed by atoms with Crippen molar-refractivity contribution in [1.82, 2.24) is 9.97 Å². The van der Waals surface area contributed by atoms with Crippen LogP contribution in [0, 0.1) is 11.3 Å². The molecule has 2 heterocycles. The molecule has 0 spiro atoms. The van der Waals surface area contributed by atoms with E-state index in [1.807, 2.05) is 24.3 Å². The average molecular weight is 418 g/mol. The molecule has 2 aromatic carbocycles. The smallest absolute Gasteiger partial charge is 0.229 e. The SMILES string of the molecule is Cl.Cl.N#Cc1cc(N)cc(Nc2nc(N3CCC(N)C3)c3ccccc3n2)c1. The van der Waals surface area contributed by atoms with Gasteiger partial charge in [-0.3, -0.25) is 0 Å². The number of aromatic nitrogens is 2. The van der Waals surface area contributed by atoms with Crippen molar-refractivity contribution < 1.29 is 0 Å². The fourth-order valence-electron chi connectivity index (χ4n) is 3.25. The van der Waals surface area contributed by atoms with E-state index in [1.165, 1.54) is 0 Å². The zero-order valence-electron chi connectivity index (χ0n) is 15.0. The van der Waals surface area contributed by atoms with Gasteiger partial charge in [-0.05, 0) is 36.8 Å². The maximum atomic E-state index is 9.12. The number of nitrogen functional groups attached to an aromatic ring is 1. The number of benzene rings is 2. The molecule has 5 N–H and O–H groups in total. The number of nitriles is 1. The topological polar surface area (TPSA) is 117 Å². The van der Waals surface area contributed by atoms with Gasteiger partial charge in [0.1, 0.15) is 5.82 Å². The Bertz CT molecular complexity index is 1020. The van der Waals surface area contributed by atoms with Crippen molar-refractivity contribution in [3.8, 4) is 6.07 Å². The maximum Gasteiger partial charge on any atom is 0.229 e. The van der Waals surface area contributed by atoms with Gasteiger partial charge in [0.25, 0.3) is 0 Å². The van der Waals surface area contributed by atoms with Crippen molar-refractivity contribution in [1.29, 1.82) is 5.26 Å². The minimum atomic E-state index is 0. The van der Waals surface area contributed by atoms with E-state index in [2.05, 4.69) is 21.3 Å². The molecule has 1 unspecified atom stereocenters. The van der Waals surface area contributed by atoms with Gasteiger partial charge in [0.05, 0.1) is 17.1 Å². The van der Waals surface area contributed by atoms with Gasteiger partial charge in [0.15, 0.2) is 0 Å². The minimum absolute atomic E-state index is 0. The number of fused-ring (bicyclic) bond motifs is 1. The molecule has 0 bridgehead atoms. The highest BCUT2D eigenvalue weighted by Crippen LogP contribution is 2.29. The molecule has 1 saturated heterocycles. The van der Waals surface area contributed by atoms with E-state index >= 15 is 0 Å². The number of halogens is 2. The van der Waals surface area contributed by atoms with Gasteiger partial charge < -0.3 is 21.7 Å².